The molecule has 5 rings (SSSR count). The van der Waals surface area contributed by atoms with Crippen LogP contribution in [0.4, 0.5) is 4.79 Å². The average Bonchev–Trinajstić information content (AvgIpc) is 3.24. The van der Waals surface area contributed by atoms with Crippen LogP contribution in [0.2, 0.25) is 5.02 Å². The Hall–Kier alpha value is -2.94. The molecule has 1 saturated carbocycles. The zero-order valence-electron chi connectivity index (χ0n) is 18.5. The van der Waals surface area contributed by atoms with Gasteiger partial charge in [0.1, 0.15) is 5.82 Å². The molecule has 1 aromatic carbocycles. The monoisotopic (exact) mass is 469 g/mol. The zero-order valence-corrected chi connectivity index (χ0v) is 19.2. The number of likely N-dealkylation sites (tertiary alicyclic amines) is 1. The van der Waals surface area contributed by atoms with Crippen LogP contribution in [0.3, 0.4) is 0 Å². The Labute approximate surface area is 196 Å². The number of carbonyl (C=O) groups excluding carboxylic acids is 1. The summed E-state index contributed by atoms with van der Waals surface area (Å²) in [7, 11) is 0. The van der Waals surface area contributed by atoms with Crippen LogP contribution in [0, 0.1) is 0 Å². The molecule has 2 aliphatic rings. The number of urea groups is 1. The lowest BCUT2D eigenvalue weighted by Crippen LogP contribution is -2.48. The first-order valence-electron chi connectivity index (χ1n) is 11.7. The van der Waals surface area contributed by atoms with Gasteiger partial charge in [0, 0.05) is 30.1 Å². The van der Waals surface area contributed by atoms with Gasteiger partial charge >= 0.3 is 6.03 Å². The second-order valence-electron chi connectivity index (χ2n) is 9.03. The van der Waals surface area contributed by atoms with Crippen molar-refractivity contribution in [1.82, 2.24) is 35.2 Å². The van der Waals surface area contributed by atoms with Crippen LogP contribution < -0.4 is 10.9 Å². The van der Waals surface area contributed by atoms with E-state index in [1.54, 1.807) is 4.68 Å². The summed E-state index contributed by atoms with van der Waals surface area (Å²) in [5, 5.41) is 12.0. The number of H-pyrrole nitrogens is 1. The highest BCUT2D eigenvalue weighted by molar-refractivity contribution is 6.31. The molecule has 0 unspecified atom stereocenters. The number of fused-ring (bicyclic) bond motifs is 1. The van der Waals surface area contributed by atoms with Crippen LogP contribution in [0.15, 0.2) is 29.1 Å². The van der Waals surface area contributed by atoms with E-state index in [1.165, 1.54) is 19.3 Å². The van der Waals surface area contributed by atoms with Crippen molar-refractivity contribution in [2.75, 3.05) is 13.1 Å². The first-order valence-corrected chi connectivity index (χ1v) is 12.1. The first-order chi connectivity index (χ1) is 16.1. The number of piperidine rings is 1. The highest BCUT2D eigenvalue weighted by Gasteiger charge is 2.28. The van der Waals surface area contributed by atoms with Gasteiger partial charge in [-0.05, 0) is 37.3 Å². The van der Waals surface area contributed by atoms with E-state index in [0.717, 1.165) is 31.2 Å². The number of rotatable bonds is 4. The summed E-state index contributed by atoms with van der Waals surface area (Å²) in [5.74, 6) is 0.530. The van der Waals surface area contributed by atoms with Gasteiger partial charge in [-0.15, -0.1) is 5.10 Å². The molecule has 2 aromatic heterocycles. The third-order valence-corrected chi connectivity index (χ3v) is 7.07. The van der Waals surface area contributed by atoms with E-state index in [0.29, 0.717) is 36.1 Å². The Kier molecular flexibility index (Phi) is 6.30. The van der Waals surface area contributed by atoms with Gasteiger partial charge in [0.25, 0.3) is 5.56 Å². The van der Waals surface area contributed by atoms with Gasteiger partial charge in [0.2, 0.25) is 0 Å². The number of aromatic amines is 1. The lowest BCUT2D eigenvalue weighted by atomic mass is 9.95. The normalized spacial score (nSPS) is 19.7. The molecule has 0 spiro atoms. The number of hydrogen-bond acceptors (Lipinski definition) is 5. The van der Waals surface area contributed by atoms with Gasteiger partial charge < -0.3 is 15.2 Å². The van der Waals surface area contributed by atoms with Crippen LogP contribution >= 0.6 is 11.6 Å². The summed E-state index contributed by atoms with van der Waals surface area (Å²) in [6.45, 7) is 1.61. The summed E-state index contributed by atoms with van der Waals surface area (Å²) in [6.07, 6.45) is 7.42. The molecular formula is C23H28ClN7O2. The Morgan fingerprint density at radius 3 is 2.79 bits per heavy atom. The van der Waals surface area contributed by atoms with Gasteiger partial charge in [0.05, 0.1) is 6.54 Å². The third-order valence-electron chi connectivity index (χ3n) is 6.70. The molecule has 0 bridgehead atoms. The molecule has 3 aromatic rings. The quantitative estimate of drug-likeness (QED) is 0.608. The molecule has 2 fully saturated rings. The molecule has 1 atom stereocenters. The Balaban J connectivity index is 1.36. The zero-order chi connectivity index (χ0) is 22.8. The maximum absolute atomic E-state index is 12.9. The maximum Gasteiger partial charge on any atom is 0.317 e. The van der Waals surface area contributed by atoms with Gasteiger partial charge in [-0.1, -0.05) is 54.3 Å². The van der Waals surface area contributed by atoms with E-state index < -0.39 is 0 Å². The molecule has 10 heteroatoms. The number of halogens is 1. The van der Waals surface area contributed by atoms with E-state index >= 15 is 0 Å². The second kappa shape index (κ2) is 9.51. The van der Waals surface area contributed by atoms with Crippen molar-refractivity contribution in [3.05, 3.63) is 51.0 Å². The van der Waals surface area contributed by atoms with Gasteiger partial charge in [0.15, 0.2) is 11.2 Å². The summed E-state index contributed by atoms with van der Waals surface area (Å²) in [4.78, 5) is 35.1. The molecule has 33 heavy (non-hydrogen) atoms. The molecule has 174 valence electrons. The van der Waals surface area contributed by atoms with E-state index in [4.69, 9.17) is 16.6 Å². The average molecular weight is 470 g/mol. The lowest BCUT2D eigenvalue weighted by molar-refractivity contribution is 0.171. The van der Waals surface area contributed by atoms with Gasteiger partial charge in [-0.25, -0.2) is 14.5 Å². The van der Waals surface area contributed by atoms with Crippen molar-refractivity contribution in [2.45, 2.75) is 63.5 Å². The minimum absolute atomic E-state index is 0.0135. The first kappa shape index (κ1) is 21.9. The molecule has 0 radical (unpaired) electrons. The fraction of sp³-hybridized carbons (Fsp3) is 0.522. The molecule has 9 nitrogen and oxygen atoms in total. The molecule has 1 aliphatic carbocycles. The molecule has 2 amide bonds. The molecular weight excluding hydrogens is 442 g/mol. The van der Waals surface area contributed by atoms with Crippen molar-refractivity contribution >= 4 is 28.8 Å². The summed E-state index contributed by atoms with van der Waals surface area (Å²) in [6, 6.07) is 7.75. The van der Waals surface area contributed by atoms with Crippen molar-refractivity contribution in [1.29, 1.82) is 0 Å². The van der Waals surface area contributed by atoms with Gasteiger partial charge in [-0.2, -0.15) is 0 Å². The van der Waals surface area contributed by atoms with Crippen LogP contribution in [0.1, 0.15) is 62.3 Å². The summed E-state index contributed by atoms with van der Waals surface area (Å²) in [5.41, 5.74) is 1.19. The van der Waals surface area contributed by atoms with E-state index in [1.807, 2.05) is 29.2 Å². The number of carbonyl (C=O) groups is 1. The topological polar surface area (TPSA) is 109 Å². The van der Waals surface area contributed by atoms with E-state index in [2.05, 4.69) is 20.6 Å². The SMILES string of the molecule is O=C(NC1CCCCC1)N1CCC[C@H](c2nc3c(nnn3Cc3ccccc3Cl)c(=O)[nH]2)C1. The van der Waals surface area contributed by atoms with E-state index in [-0.39, 0.29) is 29.1 Å². The maximum atomic E-state index is 12.9. The minimum atomic E-state index is -0.316. The third kappa shape index (κ3) is 4.73. The number of nitrogens with zero attached hydrogens (tertiary/aromatic N) is 5. The molecule has 1 saturated heterocycles. The standard InChI is InChI=1S/C23H28ClN7O2/c24-18-11-5-4-7-15(18)14-31-21-19(28-29-31)22(32)27-20(26-21)16-8-6-12-30(13-16)23(33)25-17-9-2-1-3-10-17/h4-5,7,11,16-17H,1-3,6,8-10,12-14H2,(H,25,33)(H,26,27,32)/t16-/m0/s1. The smallest absolute Gasteiger partial charge is 0.317 e. The highest BCUT2D eigenvalue weighted by Crippen LogP contribution is 2.26. The van der Waals surface area contributed by atoms with Crippen LogP contribution in [0.5, 0.6) is 0 Å². The number of nitrogens with one attached hydrogen (secondary N) is 2. The Morgan fingerprint density at radius 2 is 1.97 bits per heavy atom. The fourth-order valence-electron chi connectivity index (χ4n) is 4.87. The lowest BCUT2D eigenvalue weighted by Gasteiger charge is -2.34. The Morgan fingerprint density at radius 1 is 1.15 bits per heavy atom. The highest BCUT2D eigenvalue weighted by atomic mass is 35.5. The van der Waals surface area contributed by atoms with Crippen molar-refractivity contribution in [3.63, 3.8) is 0 Å². The van der Waals surface area contributed by atoms with Crippen molar-refractivity contribution < 1.29 is 4.79 Å². The van der Waals surface area contributed by atoms with Crippen molar-refractivity contribution in [2.24, 2.45) is 0 Å². The Bertz CT molecular complexity index is 1200. The van der Waals surface area contributed by atoms with Gasteiger partial charge in [-0.3, -0.25) is 4.79 Å². The predicted octanol–water partition coefficient (Wildman–Crippen LogP) is 3.44. The van der Waals surface area contributed by atoms with Crippen molar-refractivity contribution in [3.8, 4) is 0 Å². The molecule has 3 heterocycles. The second-order valence-corrected chi connectivity index (χ2v) is 9.44. The van der Waals surface area contributed by atoms with Crippen LogP contribution in [0.25, 0.3) is 11.2 Å². The predicted molar refractivity (Wildman–Crippen MR) is 125 cm³/mol. The fourth-order valence-corrected chi connectivity index (χ4v) is 5.06. The minimum Gasteiger partial charge on any atom is -0.335 e. The number of benzene rings is 1. The van der Waals surface area contributed by atoms with Crippen LogP contribution in [-0.4, -0.2) is 55.0 Å². The largest absolute Gasteiger partial charge is 0.335 e. The molecule has 2 N–H and O–H groups in total. The van der Waals surface area contributed by atoms with Crippen LogP contribution in [-0.2, 0) is 6.54 Å². The summed E-state index contributed by atoms with van der Waals surface area (Å²) < 4.78 is 1.60. The molecule has 1 aliphatic heterocycles. The number of amides is 2. The number of aromatic nitrogens is 5. The van der Waals surface area contributed by atoms with E-state index in [9.17, 15) is 9.59 Å². The number of hydrogen-bond donors (Lipinski definition) is 2. The summed E-state index contributed by atoms with van der Waals surface area (Å²) >= 11 is 6.30.